The fourth-order valence-corrected chi connectivity index (χ4v) is 2.22. The minimum atomic E-state index is -0.548. The molecule has 0 atom stereocenters. The van der Waals surface area contributed by atoms with Gasteiger partial charge < -0.3 is 10.5 Å². The van der Waals surface area contributed by atoms with Gasteiger partial charge in [0.25, 0.3) is 0 Å². The van der Waals surface area contributed by atoms with Gasteiger partial charge in [-0.25, -0.2) is 4.68 Å². The van der Waals surface area contributed by atoms with Crippen molar-refractivity contribution in [2.75, 3.05) is 5.73 Å². The Bertz CT molecular complexity index is 809. The SMILES string of the molecule is CC(C)n1nc(-c2cnc(CC(=O)OC(C)(C)C)cn2)c(C#N)c1N. The van der Waals surface area contributed by atoms with Crippen molar-refractivity contribution < 1.29 is 9.53 Å². The standard InChI is InChI=1S/C17H22N6O2/c1-10(2)23-16(19)12(7-18)15(22-23)13-9-20-11(8-21-13)6-14(24)25-17(3,4)5/h8-10H,6,19H2,1-5H3. The highest BCUT2D eigenvalue weighted by Gasteiger charge is 2.20. The van der Waals surface area contributed by atoms with Gasteiger partial charge in [0.1, 0.15) is 34.4 Å². The van der Waals surface area contributed by atoms with E-state index >= 15 is 0 Å². The van der Waals surface area contributed by atoms with Crippen molar-refractivity contribution in [2.45, 2.75) is 52.7 Å². The van der Waals surface area contributed by atoms with E-state index in [0.29, 0.717) is 22.9 Å². The maximum atomic E-state index is 11.8. The maximum absolute atomic E-state index is 11.8. The lowest BCUT2D eigenvalue weighted by Gasteiger charge is -2.19. The third-order valence-corrected chi connectivity index (χ3v) is 3.24. The Morgan fingerprint density at radius 3 is 2.52 bits per heavy atom. The van der Waals surface area contributed by atoms with Gasteiger partial charge in [-0.3, -0.25) is 14.8 Å². The predicted octanol–water partition coefficient (Wildman–Crippen LogP) is 2.26. The molecule has 2 aromatic rings. The third kappa shape index (κ3) is 4.32. The first-order valence-electron chi connectivity index (χ1n) is 7.93. The van der Waals surface area contributed by atoms with Crippen LogP contribution in [0.4, 0.5) is 5.82 Å². The van der Waals surface area contributed by atoms with Gasteiger partial charge in [0.2, 0.25) is 0 Å². The molecule has 0 bridgehead atoms. The minimum absolute atomic E-state index is 0.0141. The third-order valence-electron chi connectivity index (χ3n) is 3.24. The van der Waals surface area contributed by atoms with Crippen molar-refractivity contribution in [1.82, 2.24) is 19.7 Å². The summed E-state index contributed by atoms with van der Waals surface area (Å²) in [7, 11) is 0. The molecule has 0 amide bonds. The number of nitrogens with two attached hydrogens (primary N) is 1. The summed E-state index contributed by atoms with van der Waals surface area (Å²) in [6.45, 7) is 9.25. The lowest BCUT2D eigenvalue weighted by Crippen LogP contribution is -2.25. The lowest BCUT2D eigenvalue weighted by molar-refractivity contribution is -0.154. The number of nitriles is 1. The number of hydrogen-bond donors (Lipinski definition) is 1. The van der Waals surface area contributed by atoms with Crippen LogP contribution >= 0.6 is 0 Å². The van der Waals surface area contributed by atoms with E-state index in [1.165, 1.54) is 12.4 Å². The predicted molar refractivity (Wildman–Crippen MR) is 92.3 cm³/mol. The van der Waals surface area contributed by atoms with Crippen molar-refractivity contribution >= 4 is 11.8 Å². The molecule has 2 N–H and O–H groups in total. The molecule has 0 aliphatic rings. The Balaban J connectivity index is 2.25. The van der Waals surface area contributed by atoms with Crippen LogP contribution in [0.3, 0.4) is 0 Å². The van der Waals surface area contributed by atoms with Gasteiger partial charge >= 0.3 is 5.97 Å². The number of anilines is 1. The highest BCUT2D eigenvalue weighted by molar-refractivity contribution is 5.73. The zero-order chi connectivity index (χ0) is 18.8. The summed E-state index contributed by atoms with van der Waals surface area (Å²) in [4.78, 5) is 20.3. The van der Waals surface area contributed by atoms with Crippen molar-refractivity contribution in [3.05, 3.63) is 23.7 Å². The van der Waals surface area contributed by atoms with Crippen molar-refractivity contribution in [1.29, 1.82) is 5.26 Å². The maximum Gasteiger partial charge on any atom is 0.312 e. The molecule has 0 saturated heterocycles. The van der Waals surface area contributed by atoms with Crippen LogP contribution < -0.4 is 5.73 Å². The molecule has 25 heavy (non-hydrogen) atoms. The molecule has 2 heterocycles. The molecular weight excluding hydrogens is 320 g/mol. The summed E-state index contributed by atoms with van der Waals surface area (Å²) in [5, 5.41) is 13.7. The number of aromatic nitrogens is 4. The highest BCUT2D eigenvalue weighted by Crippen LogP contribution is 2.26. The van der Waals surface area contributed by atoms with Gasteiger partial charge in [0, 0.05) is 12.2 Å². The van der Waals surface area contributed by atoms with Crippen LogP contribution in [0.2, 0.25) is 0 Å². The van der Waals surface area contributed by atoms with Crippen LogP contribution in [-0.4, -0.2) is 31.3 Å². The summed E-state index contributed by atoms with van der Waals surface area (Å²) in [6.07, 6.45) is 2.98. The Labute approximate surface area is 146 Å². The van der Waals surface area contributed by atoms with Gasteiger partial charge in [-0.1, -0.05) is 0 Å². The fraction of sp³-hybridized carbons (Fsp3) is 0.471. The molecule has 0 radical (unpaired) electrons. The van der Waals surface area contributed by atoms with E-state index in [9.17, 15) is 10.1 Å². The second kappa shape index (κ2) is 6.89. The van der Waals surface area contributed by atoms with Crippen LogP contribution in [0.25, 0.3) is 11.4 Å². The first-order chi connectivity index (χ1) is 11.6. The molecule has 0 spiro atoms. The molecule has 132 valence electrons. The van der Waals surface area contributed by atoms with Crippen LogP contribution in [0, 0.1) is 11.3 Å². The first-order valence-corrected chi connectivity index (χ1v) is 7.93. The largest absolute Gasteiger partial charge is 0.460 e. The average Bonchev–Trinajstić information content (AvgIpc) is 2.83. The van der Waals surface area contributed by atoms with Crippen LogP contribution in [0.5, 0.6) is 0 Å². The molecule has 0 saturated carbocycles. The van der Waals surface area contributed by atoms with Crippen LogP contribution in [0.1, 0.15) is 51.9 Å². The molecule has 8 nitrogen and oxygen atoms in total. The normalized spacial score (nSPS) is 11.4. The highest BCUT2D eigenvalue weighted by atomic mass is 16.6. The zero-order valence-corrected chi connectivity index (χ0v) is 15.1. The number of nitrogens with zero attached hydrogens (tertiary/aromatic N) is 5. The fourth-order valence-electron chi connectivity index (χ4n) is 2.22. The van der Waals surface area contributed by atoms with Gasteiger partial charge in [-0.15, -0.1) is 0 Å². The van der Waals surface area contributed by atoms with E-state index in [4.69, 9.17) is 10.5 Å². The second-order valence-electron chi connectivity index (χ2n) is 6.92. The monoisotopic (exact) mass is 342 g/mol. The smallest absolute Gasteiger partial charge is 0.312 e. The van der Waals surface area contributed by atoms with Crippen molar-refractivity contribution in [3.8, 4) is 17.5 Å². The van der Waals surface area contributed by atoms with Crippen molar-refractivity contribution in [2.24, 2.45) is 0 Å². The molecule has 0 unspecified atom stereocenters. The summed E-state index contributed by atoms with van der Waals surface area (Å²) >= 11 is 0. The van der Waals surface area contributed by atoms with Crippen molar-refractivity contribution in [3.63, 3.8) is 0 Å². The van der Waals surface area contributed by atoms with Gasteiger partial charge in [-0.2, -0.15) is 10.4 Å². The number of carbonyl (C=O) groups is 1. The summed E-state index contributed by atoms with van der Waals surface area (Å²) in [5.41, 5.74) is 6.98. The number of ether oxygens (including phenoxy) is 1. The van der Waals surface area contributed by atoms with E-state index in [-0.39, 0.29) is 24.0 Å². The topological polar surface area (TPSA) is 120 Å². The number of hydrogen-bond acceptors (Lipinski definition) is 7. The Kier molecular flexibility index (Phi) is 5.07. The molecule has 0 fully saturated rings. The summed E-state index contributed by atoms with van der Waals surface area (Å²) in [6, 6.07) is 2.07. The van der Waals surface area contributed by atoms with E-state index in [1.54, 1.807) is 25.5 Å². The van der Waals surface area contributed by atoms with E-state index in [0.717, 1.165) is 0 Å². The second-order valence-corrected chi connectivity index (χ2v) is 6.92. The van der Waals surface area contributed by atoms with Gasteiger partial charge in [0.05, 0.1) is 18.3 Å². The Morgan fingerprint density at radius 1 is 1.36 bits per heavy atom. The zero-order valence-electron chi connectivity index (χ0n) is 15.1. The number of carbonyl (C=O) groups excluding carboxylic acids is 1. The molecule has 0 aliphatic heterocycles. The van der Waals surface area contributed by atoms with E-state index in [1.807, 2.05) is 13.8 Å². The quantitative estimate of drug-likeness (QED) is 0.846. The molecule has 8 heteroatoms. The van der Waals surface area contributed by atoms with Gasteiger partial charge in [-0.05, 0) is 34.6 Å². The number of rotatable bonds is 4. The molecule has 2 rings (SSSR count). The average molecular weight is 342 g/mol. The minimum Gasteiger partial charge on any atom is -0.460 e. The Morgan fingerprint density at radius 2 is 2.04 bits per heavy atom. The summed E-state index contributed by atoms with van der Waals surface area (Å²) < 4.78 is 6.83. The first kappa shape index (κ1) is 18.4. The Hall–Kier alpha value is -2.95. The number of esters is 1. The molecule has 2 aromatic heterocycles. The molecule has 0 aliphatic carbocycles. The summed E-state index contributed by atoms with van der Waals surface area (Å²) in [5.74, 6) is -0.0762. The van der Waals surface area contributed by atoms with Gasteiger partial charge in [0.15, 0.2) is 0 Å². The van der Waals surface area contributed by atoms with E-state index < -0.39 is 5.60 Å². The van der Waals surface area contributed by atoms with Crippen LogP contribution in [-0.2, 0) is 16.0 Å². The van der Waals surface area contributed by atoms with E-state index in [2.05, 4.69) is 21.1 Å². The molecular formula is C17H22N6O2. The van der Waals surface area contributed by atoms with Crippen LogP contribution in [0.15, 0.2) is 12.4 Å². The number of nitrogen functional groups attached to an aromatic ring is 1. The molecule has 0 aromatic carbocycles. The lowest BCUT2D eigenvalue weighted by atomic mass is 10.2.